The molecule has 0 saturated carbocycles. The second-order valence-corrected chi connectivity index (χ2v) is 2.52. The van der Waals surface area contributed by atoms with E-state index < -0.39 is 0 Å². The number of hydrogen-bond donors (Lipinski definition) is 2. The monoisotopic (exact) mass is 201 g/mol. The minimum atomic E-state index is 0. The van der Waals surface area contributed by atoms with Crippen molar-refractivity contribution in [2.75, 3.05) is 5.73 Å². The van der Waals surface area contributed by atoms with Crippen molar-refractivity contribution in [2.24, 2.45) is 5.73 Å². The van der Waals surface area contributed by atoms with Gasteiger partial charge in [0.1, 0.15) is 0 Å². The fourth-order valence-electron chi connectivity index (χ4n) is 0.417. The average Bonchev–Trinajstić information content (AvgIpc) is 2.14. The van der Waals surface area contributed by atoms with Gasteiger partial charge in [0.2, 0.25) is 0 Å². The van der Waals surface area contributed by atoms with E-state index in [0.717, 1.165) is 4.88 Å². The van der Waals surface area contributed by atoms with Crippen molar-refractivity contribution in [3.63, 3.8) is 0 Å². The van der Waals surface area contributed by atoms with Crippen LogP contribution in [0.4, 0.5) is 5.13 Å². The first-order chi connectivity index (χ1) is 3.83. The Morgan fingerprint density at radius 3 is 2.30 bits per heavy atom. The zero-order valence-electron chi connectivity index (χ0n) is 5.11. The molecule has 1 aromatic rings. The van der Waals surface area contributed by atoms with Crippen molar-refractivity contribution < 1.29 is 0 Å². The summed E-state index contributed by atoms with van der Waals surface area (Å²) in [7, 11) is 0. The van der Waals surface area contributed by atoms with Crippen LogP contribution in [-0.2, 0) is 6.54 Å². The molecule has 0 bridgehead atoms. The number of nitrogens with two attached hydrogens (primary N) is 2. The molecule has 0 aromatic carbocycles. The summed E-state index contributed by atoms with van der Waals surface area (Å²) < 4.78 is 0. The highest BCUT2D eigenvalue weighted by Gasteiger charge is 1.92. The van der Waals surface area contributed by atoms with Gasteiger partial charge in [-0.3, -0.25) is 0 Å². The molecule has 3 nitrogen and oxygen atoms in total. The summed E-state index contributed by atoms with van der Waals surface area (Å²) in [5, 5.41) is 0.588. The normalized spacial score (nSPS) is 7.70. The molecular weight excluding hydrogens is 193 g/mol. The van der Waals surface area contributed by atoms with Gasteiger partial charge in [0.15, 0.2) is 5.13 Å². The molecule has 0 amide bonds. The molecule has 0 aliphatic heterocycles. The number of aromatic nitrogens is 1. The minimum Gasteiger partial charge on any atom is -0.375 e. The molecule has 6 heteroatoms. The predicted octanol–water partition coefficient (Wildman–Crippen LogP) is 1.03. The van der Waals surface area contributed by atoms with E-state index in [4.69, 9.17) is 11.5 Å². The number of nitrogen functional groups attached to an aromatic ring is 1. The van der Waals surface area contributed by atoms with E-state index >= 15 is 0 Å². The standard InChI is InChI=1S/C4H7N3S.2ClH/c5-1-3-2-7-4(6)8-3;;/h2H,1,5H2,(H2,6,7);2*1H. The third kappa shape index (κ3) is 3.22. The fraction of sp³-hybridized carbons (Fsp3) is 0.250. The largest absolute Gasteiger partial charge is 0.375 e. The molecule has 10 heavy (non-hydrogen) atoms. The van der Waals surface area contributed by atoms with Crippen LogP contribution in [0.2, 0.25) is 0 Å². The Morgan fingerprint density at radius 1 is 1.50 bits per heavy atom. The van der Waals surface area contributed by atoms with Gasteiger partial charge in [-0.1, -0.05) is 0 Å². The van der Waals surface area contributed by atoms with Crippen molar-refractivity contribution >= 4 is 41.3 Å². The summed E-state index contributed by atoms with van der Waals surface area (Å²) in [6, 6.07) is 0. The molecule has 1 rings (SSSR count). The van der Waals surface area contributed by atoms with E-state index in [9.17, 15) is 0 Å². The number of nitrogens with zero attached hydrogens (tertiary/aromatic N) is 1. The third-order valence-corrected chi connectivity index (χ3v) is 1.62. The first kappa shape index (κ1) is 12.6. The molecule has 0 aliphatic carbocycles. The van der Waals surface area contributed by atoms with Crippen molar-refractivity contribution in [3.05, 3.63) is 11.1 Å². The number of halogens is 2. The van der Waals surface area contributed by atoms with Crippen LogP contribution in [0.15, 0.2) is 6.20 Å². The van der Waals surface area contributed by atoms with Gasteiger partial charge in [-0.15, -0.1) is 36.2 Å². The van der Waals surface area contributed by atoms with Crippen molar-refractivity contribution in [3.8, 4) is 0 Å². The molecule has 4 N–H and O–H groups in total. The van der Waals surface area contributed by atoms with Gasteiger partial charge in [-0.2, -0.15) is 0 Å². The van der Waals surface area contributed by atoms with Gasteiger partial charge < -0.3 is 11.5 Å². The number of rotatable bonds is 1. The van der Waals surface area contributed by atoms with Gasteiger partial charge in [0, 0.05) is 17.6 Å². The van der Waals surface area contributed by atoms with Crippen LogP contribution < -0.4 is 11.5 Å². The summed E-state index contributed by atoms with van der Waals surface area (Å²) in [5.41, 5.74) is 10.6. The van der Waals surface area contributed by atoms with Crippen LogP contribution in [-0.4, -0.2) is 4.98 Å². The Bertz CT molecular complexity index is 179. The van der Waals surface area contributed by atoms with Crippen LogP contribution in [0.5, 0.6) is 0 Å². The van der Waals surface area contributed by atoms with E-state index in [-0.39, 0.29) is 24.8 Å². The molecule has 0 aliphatic rings. The van der Waals surface area contributed by atoms with Crippen molar-refractivity contribution in [1.29, 1.82) is 0 Å². The number of anilines is 1. The maximum Gasteiger partial charge on any atom is 0.180 e. The minimum absolute atomic E-state index is 0. The number of thiazole rings is 1. The highest BCUT2D eigenvalue weighted by Crippen LogP contribution is 2.12. The van der Waals surface area contributed by atoms with Gasteiger partial charge >= 0.3 is 0 Å². The van der Waals surface area contributed by atoms with Gasteiger partial charge in [0.25, 0.3) is 0 Å². The van der Waals surface area contributed by atoms with Gasteiger partial charge in [-0.25, -0.2) is 4.98 Å². The molecule has 0 radical (unpaired) electrons. The molecule has 60 valence electrons. The van der Waals surface area contributed by atoms with Crippen LogP contribution in [0, 0.1) is 0 Å². The number of hydrogen-bond acceptors (Lipinski definition) is 4. The molecule has 0 saturated heterocycles. The zero-order valence-corrected chi connectivity index (χ0v) is 7.56. The van der Waals surface area contributed by atoms with E-state index in [0.29, 0.717) is 11.7 Å². The summed E-state index contributed by atoms with van der Waals surface area (Å²) in [4.78, 5) is 4.83. The predicted molar refractivity (Wildman–Crippen MR) is 48.9 cm³/mol. The molecule has 0 fully saturated rings. The Balaban J connectivity index is 0. The third-order valence-electron chi connectivity index (χ3n) is 0.773. The van der Waals surface area contributed by atoms with Crippen LogP contribution in [0.1, 0.15) is 4.88 Å². The smallest absolute Gasteiger partial charge is 0.180 e. The quantitative estimate of drug-likeness (QED) is 0.714. The summed E-state index contributed by atoms with van der Waals surface area (Å²) >= 11 is 1.43. The maximum absolute atomic E-state index is 5.31. The van der Waals surface area contributed by atoms with Crippen molar-refractivity contribution in [1.82, 2.24) is 4.98 Å². The summed E-state index contributed by atoms with van der Waals surface area (Å²) in [5.74, 6) is 0. The second kappa shape index (κ2) is 5.73. The highest BCUT2D eigenvalue weighted by atomic mass is 35.5. The Hall–Kier alpha value is -0.0300. The lowest BCUT2D eigenvalue weighted by Crippen LogP contribution is -1.91. The molecule has 1 heterocycles. The van der Waals surface area contributed by atoms with E-state index in [1.54, 1.807) is 6.20 Å². The Kier molecular flexibility index (Phi) is 7.24. The van der Waals surface area contributed by atoms with Crippen LogP contribution in [0.25, 0.3) is 0 Å². The first-order valence-corrected chi connectivity index (χ1v) is 3.05. The molecule has 0 unspecified atom stereocenters. The Morgan fingerprint density at radius 2 is 2.10 bits per heavy atom. The van der Waals surface area contributed by atoms with Crippen LogP contribution in [0.3, 0.4) is 0 Å². The van der Waals surface area contributed by atoms with Crippen molar-refractivity contribution in [2.45, 2.75) is 6.54 Å². The maximum atomic E-state index is 5.31. The SMILES string of the molecule is Cl.Cl.NCc1cnc(N)s1. The lowest BCUT2D eigenvalue weighted by molar-refractivity contribution is 1.10. The summed E-state index contributed by atoms with van der Waals surface area (Å²) in [6.07, 6.45) is 1.69. The first-order valence-electron chi connectivity index (χ1n) is 2.23. The van der Waals surface area contributed by atoms with E-state index in [1.807, 2.05) is 0 Å². The van der Waals surface area contributed by atoms with Gasteiger partial charge in [-0.05, 0) is 0 Å². The fourth-order valence-corrected chi connectivity index (χ4v) is 0.980. The topological polar surface area (TPSA) is 64.9 Å². The molecule has 0 spiro atoms. The molecular formula is C4H9Cl2N3S. The molecule has 1 aromatic heterocycles. The molecule has 0 atom stereocenters. The van der Waals surface area contributed by atoms with E-state index in [2.05, 4.69) is 4.98 Å². The highest BCUT2D eigenvalue weighted by molar-refractivity contribution is 7.15. The zero-order chi connectivity index (χ0) is 5.98. The Labute approximate surface area is 75.6 Å². The van der Waals surface area contributed by atoms with Gasteiger partial charge in [0.05, 0.1) is 0 Å². The lowest BCUT2D eigenvalue weighted by atomic mass is 10.6. The average molecular weight is 202 g/mol. The van der Waals surface area contributed by atoms with Crippen LogP contribution >= 0.6 is 36.2 Å². The van der Waals surface area contributed by atoms with E-state index in [1.165, 1.54) is 11.3 Å². The summed E-state index contributed by atoms with van der Waals surface area (Å²) in [6.45, 7) is 0.537. The second-order valence-electron chi connectivity index (χ2n) is 1.37. The lowest BCUT2D eigenvalue weighted by Gasteiger charge is -1.79.